The Balaban J connectivity index is 0.00000162. The maximum Gasteiger partial charge on any atom is 1.00 e. The molecule has 0 heterocycles. The zero-order chi connectivity index (χ0) is 12.1. The number of nitrogens with two attached hydrogens (primary N) is 2. The second-order valence-electron chi connectivity index (χ2n) is 3.93. The van der Waals surface area contributed by atoms with Crippen molar-refractivity contribution in [3.8, 4) is 0 Å². The Kier molecular flexibility index (Phi) is 5.97. The molecule has 3 nitrogen and oxygen atoms in total. The van der Waals surface area contributed by atoms with Crippen LogP contribution in [-0.4, -0.2) is 0 Å². The minimum Gasteiger partial charge on any atom is -1.00 e. The Morgan fingerprint density at radius 2 is 1.06 bits per heavy atom. The molecule has 0 fully saturated rings. The minimum atomic E-state index is 0. The molecule has 2 aromatic rings. The van der Waals surface area contributed by atoms with E-state index in [4.69, 9.17) is 11.5 Å². The monoisotopic (exact) mass is 235 g/mol. The maximum atomic E-state index is 5.55. The summed E-state index contributed by atoms with van der Waals surface area (Å²) in [6.45, 7) is 1.15. The first-order chi connectivity index (χ1) is 8.31. The summed E-state index contributed by atoms with van der Waals surface area (Å²) < 4.78 is 0. The fourth-order valence-electron chi connectivity index (χ4n) is 1.61. The summed E-state index contributed by atoms with van der Waals surface area (Å²) in [5, 5.41) is 3.32. The molecule has 0 aliphatic heterocycles. The van der Waals surface area contributed by atoms with Gasteiger partial charge in [0.05, 0.1) is 0 Å². The van der Waals surface area contributed by atoms with E-state index in [1.807, 2.05) is 48.5 Å². The van der Waals surface area contributed by atoms with Crippen LogP contribution in [0.3, 0.4) is 0 Å². The van der Waals surface area contributed by atoms with Crippen molar-refractivity contribution >= 4 is 11.4 Å². The van der Waals surface area contributed by atoms with E-state index in [0.717, 1.165) is 22.5 Å². The summed E-state index contributed by atoms with van der Waals surface area (Å²) in [5.74, 6) is 0. The van der Waals surface area contributed by atoms with Crippen molar-refractivity contribution in [2.45, 2.75) is 13.1 Å². The Morgan fingerprint density at radius 3 is 1.33 bits per heavy atom. The van der Waals surface area contributed by atoms with Crippen molar-refractivity contribution in [2.24, 2.45) is 11.5 Å². The number of anilines is 2. The predicted molar refractivity (Wildman–Crippen MR) is 73.1 cm³/mol. The van der Waals surface area contributed by atoms with Crippen LogP contribution in [0.4, 0.5) is 11.4 Å². The second kappa shape index (κ2) is 7.25. The summed E-state index contributed by atoms with van der Waals surface area (Å²) in [7, 11) is 0. The molecule has 0 atom stereocenters. The van der Waals surface area contributed by atoms with E-state index in [2.05, 4.69) is 5.32 Å². The summed E-state index contributed by atoms with van der Waals surface area (Å²) in [5.41, 5.74) is 15.5. The molecule has 2 aromatic carbocycles. The van der Waals surface area contributed by atoms with Crippen LogP contribution >= 0.6 is 0 Å². The molecule has 0 unspecified atom stereocenters. The molecule has 0 saturated carbocycles. The van der Waals surface area contributed by atoms with Gasteiger partial charge in [0.1, 0.15) is 0 Å². The van der Waals surface area contributed by atoms with Gasteiger partial charge in [-0.2, -0.15) is 0 Å². The molecule has 0 spiro atoms. The van der Waals surface area contributed by atoms with Crippen LogP contribution in [0.5, 0.6) is 0 Å². The molecule has 90 valence electrons. The van der Waals surface area contributed by atoms with Crippen LogP contribution in [0.25, 0.3) is 0 Å². The molecule has 0 aliphatic carbocycles. The van der Waals surface area contributed by atoms with Crippen molar-refractivity contribution in [2.75, 3.05) is 5.32 Å². The number of benzene rings is 2. The third-order valence-corrected chi connectivity index (χ3v) is 2.67. The molecule has 0 aromatic heterocycles. The molecule has 5 N–H and O–H groups in total. The normalized spacial score (nSPS) is 9.67. The van der Waals surface area contributed by atoms with Crippen LogP contribution in [0, 0.1) is 0 Å². The molecule has 18 heavy (non-hydrogen) atoms. The summed E-state index contributed by atoms with van der Waals surface area (Å²) in [4.78, 5) is 0. The topological polar surface area (TPSA) is 64.1 Å². The Hall–Kier alpha value is -1.24. The fraction of sp³-hybridized carbons (Fsp3) is 0.143. The van der Waals surface area contributed by atoms with Gasteiger partial charge in [0, 0.05) is 24.5 Å². The van der Waals surface area contributed by atoms with Crippen LogP contribution in [0.2, 0.25) is 0 Å². The van der Waals surface area contributed by atoms with E-state index < -0.39 is 0 Å². The molecular weight excluding hydrogens is 217 g/mol. The molecular formula is C14H18LiN3. The molecule has 0 saturated heterocycles. The minimum absolute atomic E-state index is 0. The van der Waals surface area contributed by atoms with Gasteiger partial charge in [0.15, 0.2) is 0 Å². The zero-order valence-corrected chi connectivity index (χ0v) is 10.7. The van der Waals surface area contributed by atoms with Gasteiger partial charge in [-0.25, -0.2) is 0 Å². The molecule has 0 aliphatic rings. The Labute approximate surface area is 121 Å². The largest absolute Gasteiger partial charge is 1.00 e. The number of hydrogen-bond donors (Lipinski definition) is 3. The summed E-state index contributed by atoms with van der Waals surface area (Å²) >= 11 is 0. The third kappa shape index (κ3) is 3.90. The van der Waals surface area contributed by atoms with E-state index in [1.165, 1.54) is 0 Å². The van der Waals surface area contributed by atoms with Crippen molar-refractivity contribution in [1.82, 2.24) is 0 Å². The first-order valence-electron chi connectivity index (χ1n) is 5.67. The first-order valence-corrected chi connectivity index (χ1v) is 5.67. The van der Waals surface area contributed by atoms with Gasteiger partial charge in [-0.3, -0.25) is 0 Å². The molecule has 0 bridgehead atoms. The Morgan fingerprint density at radius 1 is 0.722 bits per heavy atom. The molecule has 0 amide bonds. The van der Waals surface area contributed by atoms with Crippen LogP contribution in [-0.2, 0) is 13.1 Å². The second-order valence-corrected chi connectivity index (χ2v) is 3.93. The van der Waals surface area contributed by atoms with E-state index >= 15 is 0 Å². The molecule has 4 heteroatoms. The van der Waals surface area contributed by atoms with Gasteiger partial charge in [0.25, 0.3) is 0 Å². The fourth-order valence-corrected chi connectivity index (χ4v) is 1.61. The smallest absolute Gasteiger partial charge is 1.00 e. The van der Waals surface area contributed by atoms with Crippen LogP contribution < -0.4 is 35.6 Å². The van der Waals surface area contributed by atoms with E-state index in [-0.39, 0.29) is 20.3 Å². The SMILES string of the molecule is NCc1ccc(Nc2ccc(CN)cc2)cc1.[H-].[Li+]. The quantitative estimate of drug-likeness (QED) is 0.624. The van der Waals surface area contributed by atoms with Crippen molar-refractivity contribution in [3.05, 3.63) is 59.7 Å². The average molecular weight is 235 g/mol. The van der Waals surface area contributed by atoms with Gasteiger partial charge < -0.3 is 18.2 Å². The van der Waals surface area contributed by atoms with Crippen molar-refractivity contribution in [3.63, 3.8) is 0 Å². The van der Waals surface area contributed by atoms with Crippen LogP contribution in [0.15, 0.2) is 48.5 Å². The maximum absolute atomic E-state index is 5.55. The van der Waals surface area contributed by atoms with E-state index in [9.17, 15) is 0 Å². The van der Waals surface area contributed by atoms with Crippen molar-refractivity contribution < 1.29 is 20.3 Å². The standard InChI is InChI=1S/C14H17N3.Li.H/c15-9-11-1-5-13(6-2-11)17-14-7-3-12(10-16)4-8-14;;/h1-8,17H,9-10,15-16H2;;/q;+1;-1. The number of nitrogens with one attached hydrogen (secondary N) is 1. The molecule has 0 radical (unpaired) electrons. The van der Waals surface area contributed by atoms with Crippen molar-refractivity contribution in [1.29, 1.82) is 0 Å². The van der Waals surface area contributed by atoms with Gasteiger partial charge >= 0.3 is 18.9 Å². The van der Waals surface area contributed by atoms with Gasteiger partial charge in [0.2, 0.25) is 0 Å². The predicted octanol–water partition coefficient (Wildman–Crippen LogP) is -0.536. The third-order valence-electron chi connectivity index (χ3n) is 2.67. The van der Waals surface area contributed by atoms with E-state index in [1.54, 1.807) is 0 Å². The summed E-state index contributed by atoms with van der Waals surface area (Å²) in [6, 6.07) is 16.2. The number of hydrogen-bond acceptors (Lipinski definition) is 3. The zero-order valence-electron chi connectivity index (χ0n) is 11.7. The number of rotatable bonds is 4. The van der Waals surface area contributed by atoms with Crippen LogP contribution in [0.1, 0.15) is 12.6 Å². The average Bonchev–Trinajstić information content (AvgIpc) is 2.40. The summed E-state index contributed by atoms with van der Waals surface area (Å²) in [6.07, 6.45) is 0. The van der Waals surface area contributed by atoms with Gasteiger partial charge in [-0.1, -0.05) is 24.3 Å². The molecule has 2 rings (SSSR count). The first kappa shape index (κ1) is 14.8. The Bertz CT molecular complexity index is 426. The van der Waals surface area contributed by atoms with Gasteiger partial charge in [-0.15, -0.1) is 0 Å². The van der Waals surface area contributed by atoms with Gasteiger partial charge in [-0.05, 0) is 35.4 Å². The van der Waals surface area contributed by atoms with E-state index in [0.29, 0.717) is 13.1 Å².